The lowest BCUT2D eigenvalue weighted by Crippen LogP contribution is -2.25. The van der Waals surface area contributed by atoms with Crippen molar-refractivity contribution in [3.05, 3.63) is 82.7 Å². The van der Waals surface area contributed by atoms with E-state index in [1.54, 1.807) is 0 Å². The molecule has 0 amide bonds. The molecule has 0 saturated heterocycles. The number of benzene rings is 2. The summed E-state index contributed by atoms with van der Waals surface area (Å²) in [7, 11) is 0. The van der Waals surface area contributed by atoms with Gasteiger partial charge in [0.05, 0.1) is 0 Å². The van der Waals surface area contributed by atoms with Gasteiger partial charge in [0, 0.05) is 37.1 Å². The number of aryl methyl sites for hydroxylation is 1. The summed E-state index contributed by atoms with van der Waals surface area (Å²) in [6.45, 7) is 3.39. The second-order valence-electron chi connectivity index (χ2n) is 7.33. The number of aromatic amines is 1. The molecule has 2 aliphatic rings. The number of H-pyrrole nitrogens is 1. The van der Waals surface area contributed by atoms with Crippen LogP contribution in [0.3, 0.4) is 0 Å². The molecule has 0 atom stereocenters. The van der Waals surface area contributed by atoms with Gasteiger partial charge in [0.1, 0.15) is 12.4 Å². The summed E-state index contributed by atoms with van der Waals surface area (Å²) in [6.07, 6.45) is 6.36. The number of aromatic nitrogens is 2. The van der Waals surface area contributed by atoms with Crippen molar-refractivity contribution < 1.29 is 4.74 Å². The van der Waals surface area contributed by atoms with Gasteiger partial charge in [-0.15, -0.1) is 0 Å². The van der Waals surface area contributed by atoms with Gasteiger partial charge in [-0.3, -0.25) is 10.00 Å². The second kappa shape index (κ2) is 7.05. The molecule has 0 spiro atoms. The van der Waals surface area contributed by atoms with Crippen LogP contribution in [0, 0.1) is 0 Å². The number of hydrogen-bond donors (Lipinski definition) is 1. The molecule has 136 valence electrons. The molecule has 4 nitrogen and oxygen atoms in total. The maximum atomic E-state index is 6.01. The molecule has 0 fully saturated rings. The van der Waals surface area contributed by atoms with Crippen molar-refractivity contribution in [2.75, 3.05) is 13.2 Å². The molecule has 0 radical (unpaired) electrons. The molecule has 0 bridgehead atoms. The van der Waals surface area contributed by atoms with Gasteiger partial charge in [0.15, 0.2) is 0 Å². The van der Waals surface area contributed by atoms with Crippen LogP contribution < -0.4 is 4.74 Å². The number of hydrogen-bond acceptors (Lipinski definition) is 3. The summed E-state index contributed by atoms with van der Waals surface area (Å²) in [5.74, 6) is 1.02. The highest BCUT2D eigenvalue weighted by molar-refractivity contribution is 5.84. The van der Waals surface area contributed by atoms with E-state index in [1.807, 2.05) is 12.3 Å². The molecule has 2 heterocycles. The average Bonchev–Trinajstić information content (AvgIpc) is 3.13. The fourth-order valence-corrected chi connectivity index (χ4v) is 4.06. The molecule has 4 heteroatoms. The predicted octanol–water partition coefficient (Wildman–Crippen LogP) is 4.29. The number of nitrogens with zero attached hydrogens (tertiary/aromatic N) is 2. The molecular weight excluding hydrogens is 334 g/mol. The summed E-state index contributed by atoms with van der Waals surface area (Å²) in [6, 6.07) is 17.4. The molecule has 3 aromatic rings. The third kappa shape index (κ3) is 3.40. The van der Waals surface area contributed by atoms with E-state index in [-0.39, 0.29) is 0 Å². The second-order valence-corrected chi connectivity index (χ2v) is 7.33. The van der Waals surface area contributed by atoms with Crippen molar-refractivity contribution >= 4 is 11.6 Å². The minimum Gasteiger partial charge on any atom is -0.492 e. The summed E-state index contributed by atoms with van der Waals surface area (Å²) in [5, 5.41) is 7.12. The molecule has 0 unspecified atom stereocenters. The Balaban J connectivity index is 1.42. The van der Waals surface area contributed by atoms with Gasteiger partial charge in [-0.2, -0.15) is 5.10 Å². The number of nitrogens with one attached hydrogen (secondary N) is 1. The van der Waals surface area contributed by atoms with Gasteiger partial charge < -0.3 is 4.74 Å². The van der Waals surface area contributed by atoms with E-state index in [9.17, 15) is 0 Å². The van der Waals surface area contributed by atoms with Gasteiger partial charge >= 0.3 is 0 Å². The molecule has 1 aliphatic carbocycles. The first-order valence-electron chi connectivity index (χ1n) is 9.60. The van der Waals surface area contributed by atoms with Crippen LogP contribution in [0.15, 0.2) is 54.7 Å². The largest absolute Gasteiger partial charge is 0.492 e. The van der Waals surface area contributed by atoms with Crippen LogP contribution in [-0.2, 0) is 19.5 Å². The van der Waals surface area contributed by atoms with Crippen molar-refractivity contribution in [2.45, 2.75) is 25.9 Å². The van der Waals surface area contributed by atoms with Crippen LogP contribution in [0.5, 0.6) is 5.75 Å². The number of ether oxygens (including phenoxy) is 1. The predicted molar refractivity (Wildman–Crippen MR) is 107 cm³/mol. The maximum Gasteiger partial charge on any atom is 0.123 e. The van der Waals surface area contributed by atoms with Crippen molar-refractivity contribution in [3.63, 3.8) is 0 Å². The van der Waals surface area contributed by atoms with E-state index in [0.29, 0.717) is 0 Å². The Morgan fingerprint density at radius 3 is 2.93 bits per heavy atom. The highest BCUT2D eigenvalue weighted by atomic mass is 16.5. The first-order valence-corrected chi connectivity index (χ1v) is 9.60. The quantitative estimate of drug-likeness (QED) is 0.760. The Morgan fingerprint density at radius 2 is 2.00 bits per heavy atom. The Kier molecular flexibility index (Phi) is 4.26. The summed E-state index contributed by atoms with van der Waals surface area (Å²) >= 11 is 0. The molecule has 2 aromatic carbocycles. The zero-order valence-electron chi connectivity index (χ0n) is 15.3. The molecule has 0 saturated carbocycles. The number of rotatable bonds is 3. The molecule has 1 aliphatic heterocycles. The zero-order chi connectivity index (χ0) is 18.1. The van der Waals surface area contributed by atoms with Crippen molar-refractivity contribution in [2.24, 2.45) is 0 Å². The first kappa shape index (κ1) is 16.3. The summed E-state index contributed by atoms with van der Waals surface area (Å²) in [4.78, 5) is 2.41. The lowest BCUT2D eigenvalue weighted by molar-refractivity contribution is 0.217. The molecule has 1 aromatic heterocycles. The number of allylic oxidation sites excluding steroid dienone is 1. The van der Waals surface area contributed by atoms with Gasteiger partial charge in [0.25, 0.3) is 0 Å². The monoisotopic (exact) mass is 357 g/mol. The van der Waals surface area contributed by atoms with Crippen molar-refractivity contribution in [1.29, 1.82) is 0 Å². The Morgan fingerprint density at radius 1 is 1.04 bits per heavy atom. The van der Waals surface area contributed by atoms with E-state index in [4.69, 9.17) is 4.74 Å². The third-order valence-corrected chi connectivity index (χ3v) is 5.49. The van der Waals surface area contributed by atoms with Gasteiger partial charge in [0.2, 0.25) is 0 Å². The molecule has 27 heavy (non-hydrogen) atoms. The zero-order valence-corrected chi connectivity index (χ0v) is 15.3. The van der Waals surface area contributed by atoms with Crippen molar-refractivity contribution in [3.8, 4) is 5.75 Å². The number of fused-ring (bicyclic) bond motifs is 2. The van der Waals surface area contributed by atoms with Gasteiger partial charge in [-0.05, 0) is 53.3 Å². The van der Waals surface area contributed by atoms with E-state index < -0.39 is 0 Å². The van der Waals surface area contributed by atoms with Crippen LogP contribution in [0.1, 0.15) is 34.4 Å². The standard InChI is InChI=1S/C23H23N3O/c1-2-4-18-13-19(6-5-17(18)3-1)20-7-8-23-21(14-20)15-26(11-12-27-23)16-22-9-10-24-25-22/h1-4,7-10,13-14H,5-6,11-12,15-16H2,(H,24,25). The van der Waals surface area contributed by atoms with Crippen LogP contribution in [-0.4, -0.2) is 28.2 Å². The van der Waals surface area contributed by atoms with Gasteiger partial charge in [-0.1, -0.05) is 36.4 Å². The lowest BCUT2D eigenvalue weighted by atomic mass is 9.88. The summed E-state index contributed by atoms with van der Waals surface area (Å²) < 4.78 is 6.01. The minimum atomic E-state index is 0.719. The van der Waals surface area contributed by atoms with E-state index in [2.05, 4.69) is 63.6 Å². The highest BCUT2D eigenvalue weighted by Gasteiger charge is 2.18. The third-order valence-electron chi connectivity index (χ3n) is 5.49. The van der Waals surface area contributed by atoms with Crippen molar-refractivity contribution in [1.82, 2.24) is 15.1 Å². The Labute approximate surface area is 159 Å². The maximum absolute atomic E-state index is 6.01. The first-order chi connectivity index (χ1) is 13.3. The molecule has 5 rings (SSSR count). The van der Waals surface area contributed by atoms with E-state index in [1.165, 1.54) is 27.8 Å². The lowest BCUT2D eigenvalue weighted by Gasteiger charge is -2.20. The summed E-state index contributed by atoms with van der Waals surface area (Å²) in [5.41, 5.74) is 7.94. The minimum absolute atomic E-state index is 0.719. The van der Waals surface area contributed by atoms with E-state index in [0.717, 1.165) is 50.5 Å². The van der Waals surface area contributed by atoms with Crippen LogP contribution in [0.2, 0.25) is 0 Å². The topological polar surface area (TPSA) is 41.2 Å². The van der Waals surface area contributed by atoms with E-state index >= 15 is 0 Å². The molecular formula is C23H23N3O. The Bertz CT molecular complexity index is 975. The van der Waals surface area contributed by atoms with Crippen LogP contribution in [0.4, 0.5) is 0 Å². The SMILES string of the molecule is C1=C(c2ccc3c(c2)CN(Cc2ccn[nH]2)CCO3)CCc2ccccc21. The normalized spacial score (nSPS) is 16.7. The fourth-order valence-electron chi connectivity index (χ4n) is 4.06. The smallest absolute Gasteiger partial charge is 0.123 e. The molecule has 1 N–H and O–H groups in total. The van der Waals surface area contributed by atoms with Crippen LogP contribution in [0.25, 0.3) is 11.6 Å². The highest BCUT2D eigenvalue weighted by Crippen LogP contribution is 2.33. The van der Waals surface area contributed by atoms with Gasteiger partial charge in [-0.25, -0.2) is 0 Å². The Hall–Kier alpha value is -2.85. The fraction of sp³-hybridized carbons (Fsp3) is 0.261. The average molecular weight is 357 g/mol. The van der Waals surface area contributed by atoms with Crippen LogP contribution >= 0.6 is 0 Å².